The van der Waals surface area contributed by atoms with Crippen molar-refractivity contribution in [3.8, 4) is 5.75 Å². The van der Waals surface area contributed by atoms with Gasteiger partial charge in [0.2, 0.25) is 0 Å². The van der Waals surface area contributed by atoms with Gasteiger partial charge in [0, 0.05) is 21.9 Å². The van der Waals surface area contributed by atoms with Crippen molar-refractivity contribution in [1.29, 1.82) is 0 Å². The number of methoxy groups -OCH3 is 1. The van der Waals surface area contributed by atoms with Crippen molar-refractivity contribution in [2.24, 2.45) is 0 Å². The summed E-state index contributed by atoms with van der Waals surface area (Å²) in [4.78, 5) is 4.25. The number of aliphatic hydroxyl groups excluding tert-OH is 1. The molecule has 134 heavy (non-hydrogen) atoms. The summed E-state index contributed by atoms with van der Waals surface area (Å²) >= 11 is 11.9. The molecule has 1 N–H and O–H groups in total. The Morgan fingerprint density at radius 1 is 0.254 bits per heavy atom. The molecule has 0 radical (unpaired) electrons. The Bertz CT molecular complexity index is 4790. The maximum absolute atomic E-state index is 13.1. The number of rotatable bonds is 2. The lowest BCUT2D eigenvalue weighted by atomic mass is 9.84. The summed E-state index contributed by atoms with van der Waals surface area (Å²) in [5.74, 6) is 0.822. The molecular formula is C128H182Cl2FNO2. The molecule has 11 aromatic carbocycles. The largest absolute Gasteiger partial charge is 0.497 e. The quantitative estimate of drug-likeness (QED) is 0.188. The van der Waals surface area contributed by atoms with Crippen molar-refractivity contribution in [2.75, 3.05) is 7.11 Å². The molecule has 12 rings (SSSR count). The minimum Gasteiger partial charge on any atom is -0.497 e. The van der Waals surface area contributed by atoms with Crippen molar-refractivity contribution in [3.05, 3.63) is 413 Å². The monoisotopic (exact) mass is 1850 g/mol. The fraction of sp³-hybridized carbons (Fsp3) is 0.445. The highest BCUT2D eigenvalue weighted by Crippen LogP contribution is 2.34. The molecule has 6 heteroatoms. The number of ether oxygens (including phenoxy) is 1. The van der Waals surface area contributed by atoms with Crippen molar-refractivity contribution in [1.82, 2.24) is 4.98 Å². The third kappa shape index (κ3) is 49.5. The van der Waals surface area contributed by atoms with Crippen molar-refractivity contribution >= 4 is 23.2 Å². The molecule has 0 aliphatic heterocycles. The van der Waals surface area contributed by atoms with Gasteiger partial charge in [-0.05, 0) is 239 Å². The molecule has 1 heterocycles. The van der Waals surface area contributed by atoms with Gasteiger partial charge in [-0.25, -0.2) is 4.39 Å². The van der Waals surface area contributed by atoms with Crippen LogP contribution in [0.2, 0.25) is 10.0 Å². The normalized spacial score (nSPS) is 11.6. The highest BCUT2D eigenvalue weighted by atomic mass is 35.5. The van der Waals surface area contributed by atoms with Gasteiger partial charge in [0.15, 0.2) is 0 Å². The standard InChI is InChI=1S/2C11H16O.6C11H16.2C10H13Cl.C10H13F.C10H15N/c1-11(2,3)9-6-5-7-10(8-9)12-4;1-11(2,3)10-7-5-4-6-9(10)8-12;3*1-9-5-7-10(8-6-9)11(2,3)4;1-9-6-5-7-10(8-9)11(2,3)4;2*1-9-7-5-6-8-10(9)11(2,3)4;1-10(2,3)8-5-4-6-9(11)7-8;2*1-10(2,3)8-6-4-5-7-9(8)11;1-8-5-6-9(7-11-8)10(2,3)4/h5-8H,1-4H3;4-7,12H,8H2,1-3H3;6*5-8H,1-4H3;3*4-7H,1-3H3;5-7H,1-4H3. The molecule has 0 fully saturated rings. The number of aliphatic hydroxyl groups is 1. The minimum atomic E-state index is -0.111. The van der Waals surface area contributed by atoms with Gasteiger partial charge in [0.25, 0.3) is 0 Å². The van der Waals surface area contributed by atoms with E-state index in [1.165, 1.54) is 101 Å². The Labute approximate surface area is 831 Å². The van der Waals surface area contributed by atoms with Crippen LogP contribution in [0.3, 0.4) is 0 Å². The highest BCUT2D eigenvalue weighted by Gasteiger charge is 2.23. The van der Waals surface area contributed by atoms with Crippen molar-refractivity contribution < 1.29 is 14.2 Å². The number of hydrogen-bond acceptors (Lipinski definition) is 3. The van der Waals surface area contributed by atoms with E-state index in [9.17, 15) is 4.39 Å². The van der Waals surface area contributed by atoms with E-state index in [0.717, 1.165) is 32.6 Å². The highest BCUT2D eigenvalue weighted by molar-refractivity contribution is 6.31. The molecule has 0 aliphatic rings. The van der Waals surface area contributed by atoms with Crippen LogP contribution in [0.25, 0.3) is 0 Å². The first-order chi connectivity index (χ1) is 61.1. The third-order valence-corrected chi connectivity index (χ3v) is 22.9. The molecule has 12 aromatic rings. The number of aromatic nitrogens is 1. The molecule has 0 spiro atoms. The van der Waals surface area contributed by atoms with Crippen LogP contribution in [-0.4, -0.2) is 17.2 Å². The molecule has 0 unspecified atom stereocenters. The summed E-state index contributed by atoms with van der Waals surface area (Å²) in [5.41, 5.74) is 28.4. The summed E-state index contributed by atoms with van der Waals surface area (Å²) in [6.45, 7) is 93.9. The molecular weight excluding hydrogens is 1670 g/mol. The van der Waals surface area contributed by atoms with Gasteiger partial charge in [-0.2, -0.15) is 0 Å². The van der Waals surface area contributed by atoms with Crippen LogP contribution in [0.15, 0.2) is 285 Å². The fourth-order valence-corrected chi connectivity index (χ4v) is 14.2. The smallest absolute Gasteiger partial charge is 0.126 e. The van der Waals surface area contributed by atoms with E-state index in [4.69, 9.17) is 33.0 Å². The molecule has 0 saturated carbocycles. The Morgan fingerprint density at radius 3 is 0.799 bits per heavy atom. The first-order valence-corrected chi connectivity index (χ1v) is 48.9. The van der Waals surface area contributed by atoms with Crippen LogP contribution in [0.4, 0.5) is 4.39 Å². The number of hydrogen-bond donors (Lipinski definition) is 1. The Hall–Kier alpha value is -9.16. The summed E-state index contributed by atoms with van der Waals surface area (Å²) in [7, 11) is 1.70. The molecule has 3 nitrogen and oxygen atoms in total. The summed E-state index contributed by atoms with van der Waals surface area (Å²) < 4.78 is 18.2. The van der Waals surface area contributed by atoms with E-state index in [1.54, 1.807) is 13.2 Å². The maximum Gasteiger partial charge on any atom is 0.126 e. The van der Waals surface area contributed by atoms with Gasteiger partial charge >= 0.3 is 0 Å². The van der Waals surface area contributed by atoms with Gasteiger partial charge in [-0.1, -0.05) is 531 Å². The van der Waals surface area contributed by atoms with E-state index < -0.39 is 0 Å². The van der Waals surface area contributed by atoms with Gasteiger partial charge in [-0.15, -0.1) is 0 Å². The van der Waals surface area contributed by atoms with Crippen LogP contribution in [0, 0.1) is 54.3 Å². The SMILES string of the molecule is CC(C)(C)c1cccc(Cl)c1.CC(C)(C)c1ccccc1CO.CC(C)(C)c1ccccc1Cl.CC(C)(C)c1ccccc1F.COc1cccc(C(C)(C)C)c1.Cc1ccc(C(C)(C)C)cc1.Cc1ccc(C(C)(C)C)cc1.Cc1ccc(C(C)(C)C)cc1.Cc1ccc(C(C)(C)C)cn1.Cc1cccc(C(C)(C)C)c1.Cc1ccccc1C(C)(C)C.Cc1ccccc1C(C)(C)C. The number of halogens is 3. The zero-order chi connectivity index (χ0) is 103. The predicted octanol–water partition coefficient (Wildman–Crippen LogP) is 38.3. The average molecular weight is 1860 g/mol. The fourth-order valence-electron chi connectivity index (χ4n) is 13.6. The summed E-state index contributed by atoms with van der Waals surface area (Å²) in [6, 6.07) is 95.4. The van der Waals surface area contributed by atoms with E-state index in [1.807, 2.05) is 113 Å². The topological polar surface area (TPSA) is 42.4 Å². The molecule has 0 amide bonds. The first kappa shape index (κ1) is 123. The van der Waals surface area contributed by atoms with Gasteiger partial charge in [0.05, 0.1) is 13.7 Å². The lowest BCUT2D eigenvalue weighted by Crippen LogP contribution is -2.13. The Morgan fingerprint density at radius 2 is 0.545 bits per heavy atom. The van der Waals surface area contributed by atoms with E-state index in [0.29, 0.717) is 0 Å². The maximum atomic E-state index is 13.1. The predicted molar refractivity (Wildman–Crippen MR) is 595 cm³/mol. The Kier molecular flexibility index (Phi) is 50.1. The van der Waals surface area contributed by atoms with Crippen LogP contribution < -0.4 is 4.74 Å². The van der Waals surface area contributed by atoms with Crippen molar-refractivity contribution in [2.45, 2.75) is 369 Å². The van der Waals surface area contributed by atoms with Crippen molar-refractivity contribution in [3.63, 3.8) is 0 Å². The molecule has 732 valence electrons. The van der Waals surface area contributed by atoms with Gasteiger partial charge in [0.1, 0.15) is 11.6 Å². The van der Waals surface area contributed by atoms with Crippen LogP contribution in [0.5, 0.6) is 5.75 Å². The Balaban J connectivity index is 0.000000731. The van der Waals surface area contributed by atoms with E-state index in [-0.39, 0.29) is 77.4 Å². The molecule has 0 aliphatic carbocycles. The van der Waals surface area contributed by atoms with Crippen LogP contribution in [0.1, 0.15) is 361 Å². The second-order valence-electron chi connectivity index (χ2n) is 47.8. The average Bonchev–Trinajstić information content (AvgIpc) is 0.848. The first-order valence-electron chi connectivity index (χ1n) is 48.1. The lowest BCUT2D eigenvalue weighted by Gasteiger charge is -2.21. The number of pyridine rings is 1. The molecule has 0 bridgehead atoms. The second kappa shape index (κ2) is 54.7. The van der Waals surface area contributed by atoms with Gasteiger partial charge < -0.3 is 9.84 Å². The molecule has 1 aromatic heterocycles. The summed E-state index contributed by atoms with van der Waals surface area (Å²) in [6.07, 6.45) is 1.95. The zero-order valence-electron chi connectivity index (χ0n) is 92.3. The summed E-state index contributed by atoms with van der Waals surface area (Å²) in [5, 5.41) is 10.8. The molecule has 0 atom stereocenters. The molecule has 0 saturated heterocycles. The van der Waals surface area contributed by atoms with Crippen LogP contribution in [-0.2, 0) is 71.6 Å². The number of aryl methyl sites for hydroxylation is 7. The lowest BCUT2D eigenvalue weighted by molar-refractivity contribution is 0.278. The second-order valence-corrected chi connectivity index (χ2v) is 48.6. The van der Waals surface area contributed by atoms with Gasteiger partial charge in [-0.3, -0.25) is 4.98 Å². The van der Waals surface area contributed by atoms with E-state index in [2.05, 4.69) is 463 Å². The minimum absolute atomic E-state index is 0.0919. The third-order valence-electron chi connectivity index (χ3n) is 22.3. The number of nitrogens with zero attached hydrogens (tertiary/aromatic N) is 1. The number of benzene rings is 11. The van der Waals surface area contributed by atoms with E-state index >= 15 is 0 Å². The zero-order valence-corrected chi connectivity index (χ0v) is 93.8. The van der Waals surface area contributed by atoms with Crippen LogP contribution >= 0.6 is 23.2 Å².